The monoisotopic (exact) mass is 364 g/mol. The summed E-state index contributed by atoms with van der Waals surface area (Å²) in [6.45, 7) is 5.58. The molecule has 1 N–H and O–H groups in total. The normalized spacial score (nSPS) is 11.5. The molecule has 0 bridgehead atoms. The van der Waals surface area contributed by atoms with Gasteiger partial charge in [-0.1, -0.05) is 23.2 Å². The Hall–Kier alpha value is -2.38. The molecule has 0 aliphatic carbocycles. The first-order chi connectivity index (χ1) is 11.4. The highest BCUT2D eigenvalue weighted by Crippen LogP contribution is 2.30. The summed E-state index contributed by atoms with van der Waals surface area (Å²) in [6, 6.07) is 4.96. The van der Waals surface area contributed by atoms with Gasteiger partial charge in [0.15, 0.2) is 5.82 Å². The number of nitrogens with zero attached hydrogens (tertiary/aromatic N) is 6. The topological polar surface area (TPSA) is 81.1 Å². The lowest BCUT2D eigenvalue weighted by molar-refractivity contribution is 0.474. The molecule has 1 aromatic carbocycles. The van der Waals surface area contributed by atoms with Crippen LogP contribution in [-0.4, -0.2) is 36.0 Å². The second-order valence-corrected chi connectivity index (χ2v) is 6.11. The van der Waals surface area contributed by atoms with Crippen molar-refractivity contribution in [1.82, 2.24) is 24.7 Å². The number of aromatic hydroxyl groups is 1. The number of halogens is 2. The van der Waals surface area contributed by atoms with Gasteiger partial charge >= 0.3 is 0 Å². The second kappa shape index (κ2) is 6.26. The minimum absolute atomic E-state index is 0.0943. The van der Waals surface area contributed by atoms with Gasteiger partial charge in [-0.05, 0) is 39.0 Å². The van der Waals surface area contributed by atoms with Crippen LogP contribution < -0.4 is 0 Å². The van der Waals surface area contributed by atoms with E-state index in [0.29, 0.717) is 22.4 Å². The summed E-state index contributed by atoms with van der Waals surface area (Å²) in [5.41, 5.74) is 2.16. The van der Waals surface area contributed by atoms with Gasteiger partial charge in [-0.25, -0.2) is 4.68 Å². The van der Waals surface area contributed by atoms with Crippen LogP contribution in [0.3, 0.4) is 0 Å². The minimum atomic E-state index is -0.0943. The van der Waals surface area contributed by atoms with E-state index in [1.165, 1.54) is 17.0 Å². The molecule has 2 aromatic heterocycles. The predicted octanol–water partition coefficient (Wildman–Crippen LogP) is 3.28. The Labute approximate surface area is 148 Å². The molecular formula is C15H14Cl2N6O. The zero-order chi connectivity index (χ0) is 17.4. The molecule has 9 heteroatoms. The number of phenolic OH excluding ortho intramolecular Hbond substituents is 1. The van der Waals surface area contributed by atoms with Crippen molar-refractivity contribution < 1.29 is 5.11 Å². The molecule has 0 aliphatic heterocycles. The highest BCUT2D eigenvalue weighted by molar-refractivity contribution is 6.36. The first-order valence-corrected chi connectivity index (χ1v) is 7.80. The molecule has 2 heterocycles. The van der Waals surface area contributed by atoms with Gasteiger partial charge in [-0.15, -0.1) is 10.2 Å². The van der Waals surface area contributed by atoms with E-state index in [2.05, 4.69) is 20.4 Å². The van der Waals surface area contributed by atoms with Crippen LogP contribution >= 0.6 is 23.2 Å². The first-order valence-electron chi connectivity index (χ1n) is 7.05. The third-order valence-electron chi connectivity index (χ3n) is 3.35. The van der Waals surface area contributed by atoms with E-state index in [1.54, 1.807) is 17.7 Å². The smallest absolute Gasteiger partial charge is 0.273 e. The summed E-state index contributed by atoms with van der Waals surface area (Å²) in [6.07, 6.45) is 1.44. The third kappa shape index (κ3) is 3.00. The van der Waals surface area contributed by atoms with Gasteiger partial charge in [-0.2, -0.15) is 14.9 Å². The molecule has 7 nitrogen and oxygen atoms in total. The molecule has 0 aliphatic rings. The molecule has 0 atom stereocenters. The molecule has 0 fully saturated rings. The van der Waals surface area contributed by atoms with Gasteiger partial charge in [0.05, 0.1) is 16.9 Å². The first kappa shape index (κ1) is 16.5. The number of aromatic nitrogens is 5. The standard InChI is InChI=1S/C15H14Cl2N6O/c1-8-4-9(2)22(21-8)15-20-19-10(3)23(15)18-7-11-5-12(16)6-13(17)14(11)24/h4-7,24H,1-3H3/b18-7-. The summed E-state index contributed by atoms with van der Waals surface area (Å²) >= 11 is 11.9. The molecular weight excluding hydrogens is 351 g/mol. The van der Waals surface area contributed by atoms with Crippen LogP contribution in [0.5, 0.6) is 5.75 Å². The summed E-state index contributed by atoms with van der Waals surface area (Å²) in [7, 11) is 0. The molecule has 3 aromatic rings. The van der Waals surface area contributed by atoms with Gasteiger partial charge < -0.3 is 5.11 Å². The lowest BCUT2D eigenvalue weighted by Gasteiger charge is -2.05. The number of hydrogen-bond donors (Lipinski definition) is 1. The van der Waals surface area contributed by atoms with Crippen molar-refractivity contribution in [2.75, 3.05) is 0 Å². The molecule has 0 radical (unpaired) electrons. The molecule has 124 valence electrons. The van der Waals surface area contributed by atoms with Crippen LogP contribution in [0.15, 0.2) is 23.3 Å². The van der Waals surface area contributed by atoms with E-state index in [4.69, 9.17) is 23.2 Å². The van der Waals surface area contributed by atoms with E-state index >= 15 is 0 Å². The number of aryl methyl sites for hydroxylation is 3. The Balaban J connectivity index is 2.06. The van der Waals surface area contributed by atoms with Crippen molar-refractivity contribution in [1.29, 1.82) is 0 Å². The van der Waals surface area contributed by atoms with E-state index in [-0.39, 0.29) is 10.8 Å². The fourth-order valence-corrected chi connectivity index (χ4v) is 2.76. The Morgan fingerprint density at radius 1 is 1.12 bits per heavy atom. The average Bonchev–Trinajstić information content (AvgIpc) is 3.03. The lowest BCUT2D eigenvalue weighted by atomic mass is 10.2. The fraction of sp³-hybridized carbons (Fsp3) is 0.200. The zero-order valence-corrected chi connectivity index (χ0v) is 14.7. The molecule has 0 saturated carbocycles. The fourth-order valence-electron chi connectivity index (χ4n) is 2.25. The SMILES string of the molecule is Cc1cc(C)n(-c2nnc(C)n2/N=C\c2cc(Cl)cc(Cl)c2O)n1. The number of phenols is 1. The molecule has 0 amide bonds. The number of benzene rings is 1. The Bertz CT molecular complexity index is 944. The maximum atomic E-state index is 10.0. The lowest BCUT2D eigenvalue weighted by Crippen LogP contribution is -2.08. The Kier molecular flexibility index (Phi) is 4.29. The Morgan fingerprint density at radius 3 is 2.54 bits per heavy atom. The summed E-state index contributed by atoms with van der Waals surface area (Å²) in [5.74, 6) is 0.923. The summed E-state index contributed by atoms with van der Waals surface area (Å²) in [4.78, 5) is 0. The molecule has 0 unspecified atom stereocenters. The van der Waals surface area contributed by atoms with E-state index in [9.17, 15) is 5.11 Å². The van der Waals surface area contributed by atoms with E-state index in [0.717, 1.165) is 11.4 Å². The Morgan fingerprint density at radius 2 is 1.88 bits per heavy atom. The highest BCUT2D eigenvalue weighted by atomic mass is 35.5. The average molecular weight is 365 g/mol. The van der Waals surface area contributed by atoms with Crippen molar-refractivity contribution >= 4 is 29.4 Å². The molecule has 0 spiro atoms. The number of rotatable bonds is 3. The van der Waals surface area contributed by atoms with Crippen LogP contribution in [0.25, 0.3) is 5.95 Å². The summed E-state index contributed by atoms with van der Waals surface area (Å²) < 4.78 is 3.17. The largest absolute Gasteiger partial charge is 0.506 e. The van der Waals surface area contributed by atoms with Crippen LogP contribution in [0.1, 0.15) is 22.8 Å². The van der Waals surface area contributed by atoms with Crippen molar-refractivity contribution in [2.24, 2.45) is 5.10 Å². The van der Waals surface area contributed by atoms with E-state index in [1.807, 2.05) is 19.9 Å². The van der Waals surface area contributed by atoms with Gasteiger partial charge in [0.25, 0.3) is 5.95 Å². The number of hydrogen-bond acceptors (Lipinski definition) is 5. The van der Waals surface area contributed by atoms with E-state index < -0.39 is 0 Å². The van der Waals surface area contributed by atoms with Crippen molar-refractivity contribution in [2.45, 2.75) is 20.8 Å². The predicted molar refractivity (Wildman–Crippen MR) is 92.5 cm³/mol. The van der Waals surface area contributed by atoms with Crippen LogP contribution in [0.4, 0.5) is 0 Å². The molecule has 24 heavy (non-hydrogen) atoms. The highest BCUT2D eigenvalue weighted by Gasteiger charge is 2.14. The molecule has 3 rings (SSSR count). The van der Waals surface area contributed by atoms with Gasteiger partial charge in [0.2, 0.25) is 0 Å². The maximum absolute atomic E-state index is 10.0. The quantitative estimate of drug-likeness (QED) is 0.723. The van der Waals surface area contributed by atoms with Crippen LogP contribution in [0.2, 0.25) is 10.0 Å². The van der Waals surface area contributed by atoms with Crippen molar-refractivity contribution in [3.05, 3.63) is 51.0 Å². The van der Waals surface area contributed by atoms with Gasteiger partial charge in [-0.3, -0.25) is 0 Å². The maximum Gasteiger partial charge on any atom is 0.273 e. The van der Waals surface area contributed by atoms with Crippen LogP contribution in [-0.2, 0) is 0 Å². The third-order valence-corrected chi connectivity index (χ3v) is 3.86. The second-order valence-electron chi connectivity index (χ2n) is 5.27. The van der Waals surface area contributed by atoms with Crippen LogP contribution in [0, 0.1) is 20.8 Å². The van der Waals surface area contributed by atoms with Crippen molar-refractivity contribution in [3.8, 4) is 11.7 Å². The van der Waals surface area contributed by atoms with Gasteiger partial charge in [0.1, 0.15) is 5.75 Å². The van der Waals surface area contributed by atoms with Gasteiger partial charge in [0, 0.05) is 16.3 Å². The minimum Gasteiger partial charge on any atom is -0.506 e. The molecule has 0 saturated heterocycles. The zero-order valence-electron chi connectivity index (χ0n) is 13.2. The van der Waals surface area contributed by atoms with Crippen molar-refractivity contribution in [3.63, 3.8) is 0 Å². The summed E-state index contributed by atoms with van der Waals surface area (Å²) in [5, 5.41) is 27.4.